The number of nitrogens with one attached hydrogen (secondary N) is 1. The van der Waals surface area contributed by atoms with E-state index in [2.05, 4.69) is 10.3 Å². The summed E-state index contributed by atoms with van der Waals surface area (Å²) in [7, 11) is 0. The molecule has 0 spiro atoms. The van der Waals surface area contributed by atoms with Crippen molar-refractivity contribution in [1.82, 2.24) is 4.98 Å². The van der Waals surface area contributed by atoms with Gasteiger partial charge in [-0.1, -0.05) is 47.6 Å². The number of thioether (sulfide) groups is 1. The van der Waals surface area contributed by atoms with Crippen LogP contribution in [0.25, 0.3) is 10.6 Å². The summed E-state index contributed by atoms with van der Waals surface area (Å²) in [5.74, 6) is -2.86. The molecular weight excluding hydrogens is 398 g/mol. The molecular formula is C18H13ClF2N2OS2. The fraction of sp³-hybridized carbons (Fsp3) is 0.111. The highest BCUT2D eigenvalue weighted by atomic mass is 35.5. The number of carbonyl (C=O) groups is 1. The molecule has 0 fully saturated rings. The van der Waals surface area contributed by atoms with Gasteiger partial charge in [0, 0.05) is 20.9 Å². The number of thiazole rings is 1. The first-order valence-corrected chi connectivity index (χ1v) is 9.69. The van der Waals surface area contributed by atoms with Crippen LogP contribution in [0, 0.1) is 0 Å². The zero-order chi connectivity index (χ0) is 18.5. The molecule has 0 saturated carbocycles. The number of halogens is 3. The van der Waals surface area contributed by atoms with Gasteiger partial charge in [0.05, 0.1) is 17.8 Å². The van der Waals surface area contributed by atoms with E-state index < -0.39 is 5.76 Å². The van der Waals surface area contributed by atoms with Crippen LogP contribution in [0.4, 0.5) is 14.5 Å². The van der Waals surface area contributed by atoms with E-state index >= 15 is 0 Å². The third-order valence-electron chi connectivity index (χ3n) is 3.34. The molecule has 3 nitrogen and oxygen atoms in total. The van der Waals surface area contributed by atoms with Crippen LogP contribution in [-0.2, 0) is 11.2 Å². The molecule has 0 unspecified atom stereocenters. The van der Waals surface area contributed by atoms with Gasteiger partial charge in [-0.15, -0.1) is 11.3 Å². The van der Waals surface area contributed by atoms with Gasteiger partial charge >= 0.3 is 0 Å². The Morgan fingerprint density at radius 1 is 1.23 bits per heavy atom. The van der Waals surface area contributed by atoms with Gasteiger partial charge in [0.2, 0.25) is 5.91 Å². The van der Waals surface area contributed by atoms with Gasteiger partial charge in [0.25, 0.3) is 5.76 Å². The average molecular weight is 411 g/mol. The van der Waals surface area contributed by atoms with Gasteiger partial charge in [0.1, 0.15) is 5.01 Å². The first kappa shape index (κ1) is 18.8. The lowest BCUT2D eigenvalue weighted by Gasteiger charge is -2.09. The quantitative estimate of drug-likeness (QED) is 0.510. The lowest BCUT2D eigenvalue weighted by Crippen LogP contribution is -2.15. The molecule has 3 aromatic rings. The van der Waals surface area contributed by atoms with Gasteiger partial charge in [-0.2, -0.15) is 8.78 Å². The topological polar surface area (TPSA) is 42.0 Å². The maximum atomic E-state index is 12.6. The fourth-order valence-corrected chi connectivity index (χ4v) is 3.87. The van der Waals surface area contributed by atoms with Gasteiger partial charge in [0.15, 0.2) is 0 Å². The molecule has 2 aromatic carbocycles. The van der Waals surface area contributed by atoms with Crippen LogP contribution in [0.15, 0.2) is 58.8 Å². The number of aromatic nitrogens is 1. The highest BCUT2D eigenvalue weighted by Gasteiger charge is 2.13. The number of alkyl halides is 2. The second-order valence-corrected chi connectivity index (χ2v) is 7.58. The van der Waals surface area contributed by atoms with E-state index in [1.165, 1.54) is 11.3 Å². The molecule has 1 N–H and O–H groups in total. The van der Waals surface area contributed by atoms with Crippen molar-refractivity contribution in [3.63, 3.8) is 0 Å². The summed E-state index contributed by atoms with van der Waals surface area (Å²) < 4.78 is 25.2. The molecule has 1 amide bonds. The van der Waals surface area contributed by atoms with Crippen molar-refractivity contribution in [2.45, 2.75) is 17.1 Å². The van der Waals surface area contributed by atoms with Crippen molar-refractivity contribution in [2.24, 2.45) is 0 Å². The zero-order valence-corrected chi connectivity index (χ0v) is 15.7. The SMILES string of the molecule is O=C(Cc1csc(-c2cccc(Cl)c2)n1)Nc1ccccc1SC(F)F. The van der Waals surface area contributed by atoms with Gasteiger partial charge in [-0.05, 0) is 24.3 Å². The number of nitrogens with zero attached hydrogens (tertiary/aromatic N) is 1. The van der Waals surface area contributed by atoms with E-state index in [-0.39, 0.29) is 12.3 Å². The van der Waals surface area contributed by atoms with Gasteiger partial charge in [-0.25, -0.2) is 4.98 Å². The summed E-state index contributed by atoms with van der Waals surface area (Å²) in [4.78, 5) is 17.0. The van der Waals surface area contributed by atoms with E-state index in [4.69, 9.17) is 11.6 Å². The smallest absolute Gasteiger partial charge is 0.288 e. The number of para-hydroxylation sites is 1. The maximum Gasteiger partial charge on any atom is 0.288 e. The molecule has 3 rings (SSSR count). The summed E-state index contributed by atoms with van der Waals surface area (Å²) in [5.41, 5.74) is 1.86. The summed E-state index contributed by atoms with van der Waals surface area (Å²) in [6, 6.07) is 13.8. The van der Waals surface area contributed by atoms with Crippen molar-refractivity contribution in [1.29, 1.82) is 0 Å². The van der Waals surface area contributed by atoms with Crippen LogP contribution in [0.1, 0.15) is 5.69 Å². The Morgan fingerprint density at radius 3 is 2.81 bits per heavy atom. The number of hydrogen-bond acceptors (Lipinski definition) is 4. The van der Waals surface area contributed by atoms with Crippen LogP contribution in [0.2, 0.25) is 5.02 Å². The second kappa shape index (κ2) is 8.62. The Morgan fingerprint density at radius 2 is 2.04 bits per heavy atom. The van der Waals surface area contributed by atoms with Crippen molar-refractivity contribution < 1.29 is 13.6 Å². The molecule has 0 bridgehead atoms. The van der Waals surface area contributed by atoms with Crippen molar-refractivity contribution in [3.8, 4) is 10.6 Å². The Bertz CT molecular complexity index is 917. The molecule has 1 heterocycles. The molecule has 0 aliphatic rings. The third-order valence-corrected chi connectivity index (χ3v) is 5.31. The molecule has 26 heavy (non-hydrogen) atoms. The highest BCUT2D eigenvalue weighted by Crippen LogP contribution is 2.32. The van der Waals surface area contributed by atoms with Crippen LogP contribution in [-0.4, -0.2) is 16.6 Å². The number of rotatable bonds is 6. The number of carbonyl (C=O) groups excluding carboxylic acids is 1. The van der Waals surface area contributed by atoms with Crippen molar-refractivity contribution in [2.75, 3.05) is 5.32 Å². The number of hydrogen-bond donors (Lipinski definition) is 1. The Hall–Kier alpha value is -1.96. The molecule has 8 heteroatoms. The third kappa shape index (κ3) is 5.03. The largest absolute Gasteiger partial charge is 0.325 e. The standard InChI is InChI=1S/C18H13ClF2N2OS2/c19-12-5-3-4-11(8-12)17-22-13(10-25-17)9-16(24)23-14-6-1-2-7-15(14)26-18(20)21/h1-8,10,18H,9H2,(H,23,24). The van der Waals surface area contributed by atoms with Crippen LogP contribution < -0.4 is 5.32 Å². The van der Waals surface area contributed by atoms with E-state index in [1.807, 2.05) is 18.2 Å². The molecule has 0 aliphatic carbocycles. The summed E-state index contributed by atoms with van der Waals surface area (Å²) in [6.45, 7) is 0. The molecule has 0 saturated heterocycles. The Kier molecular flexibility index (Phi) is 6.24. The minimum Gasteiger partial charge on any atom is -0.325 e. The normalized spacial score (nSPS) is 10.9. The first-order chi connectivity index (χ1) is 12.5. The second-order valence-electron chi connectivity index (χ2n) is 5.25. The van der Waals surface area contributed by atoms with E-state index in [1.54, 1.807) is 35.7 Å². The van der Waals surface area contributed by atoms with Crippen LogP contribution >= 0.6 is 34.7 Å². The maximum absolute atomic E-state index is 12.6. The van der Waals surface area contributed by atoms with E-state index in [0.717, 1.165) is 10.6 Å². The summed E-state index contributed by atoms with van der Waals surface area (Å²) in [5, 5.41) is 5.86. The average Bonchev–Trinajstić information content (AvgIpc) is 3.04. The predicted molar refractivity (Wildman–Crippen MR) is 103 cm³/mol. The van der Waals surface area contributed by atoms with E-state index in [9.17, 15) is 13.6 Å². The van der Waals surface area contributed by atoms with Crippen LogP contribution in [0.5, 0.6) is 0 Å². The predicted octanol–water partition coefficient (Wildman–Crippen LogP) is 5.96. The number of benzene rings is 2. The Balaban J connectivity index is 1.68. The van der Waals surface area contributed by atoms with Gasteiger partial charge < -0.3 is 5.32 Å². The molecule has 0 aliphatic heterocycles. The van der Waals surface area contributed by atoms with Gasteiger partial charge in [-0.3, -0.25) is 4.79 Å². The van der Waals surface area contributed by atoms with Crippen LogP contribution in [0.3, 0.4) is 0 Å². The molecule has 0 radical (unpaired) electrons. The number of anilines is 1. The highest BCUT2D eigenvalue weighted by molar-refractivity contribution is 7.99. The van der Waals surface area contributed by atoms with E-state index in [0.29, 0.717) is 33.1 Å². The van der Waals surface area contributed by atoms with Crippen molar-refractivity contribution in [3.05, 3.63) is 64.6 Å². The molecule has 134 valence electrons. The lowest BCUT2D eigenvalue weighted by molar-refractivity contribution is -0.115. The lowest BCUT2D eigenvalue weighted by atomic mass is 10.2. The monoisotopic (exact) mass is 410 g/mol. The minimum atomic E-state index is -2.55. The zero-order valence-electron chi connectivity index (χ0n) is 13.3. The fourth-order valence-electron chi connectivity index (χ4n) is 2.27. The number of amides is 1. The molecule has 0 atom stereocenters. The summed E-state index contributed by atoms with van der Waals surface area (Å²) >= 11 is 7.80. The molecule has 1 aromatic heterocycles. The first-order valence-electron chi connectivity index (χ1n) is 7.55. The minimum absolute atomic E-state index is 0.0603. The Labute approximate surface area is 162 Å². The summed E-state index contributed by atoms with van der Waals surface area (Å²) in [6.07, 6.45) is 0.0603. The van der Waals surface area contributed by atoms with Crippen molar-refractivity contribution >= 4 is 46.3 Å².